The lowest BCUT2D eigenvalue weighted by Gasteiger charge is -2.16. The minimum Gasteiger partial charge on any atom is -0.469 e. The third kappa shape index (κ3) is 5.41. The molecule has 19 heavy (non-hydrogen) atoms. The van der Waals surface area contributed by atoms with Gasteiger partial charge in [-0.2, -0.15) is 12.7 Å². The Morgan fingerprint density at radius 2 is 2.26 bits per heavy atom. The molecule has 0 bridgehead atoms. The van der Waals surface area contributed by atoms with Crippen molar-refractivity contribution >= 4 is 16.2 Å². The Morgan fingerprint density at radius 3 is 2.84 bits per heavy atom. The highest BCUT2D eigenvalue weighted by molar-refractivity contribution is 7.87. The van der Waals surface area contributed by atoms with Crippen molar-refractivity contribution in [3.05, 3.63) is 24.2 Å². The molecule has 0 radical (unpaired) electrons. The molecule has 0 spiro atoms. The number of esters is 1. The standard InChI is InChI=1S/C11H18N2O5S/c1-13(8-6-11(14)17-2)19(15,16)12-7-5-10-4-3-9-18-10/h3-4,9,12H,5-8H2,1-2H3. The van der Waals surface area contributed by atoms with E-state index in [1.54, 1.807) is 12.1 Å². The lowest BCUT2D eigenvalue weighted by Crippen LogP contribution is -2.40. The molecule has 8 heteroatoms. The first kappa shape index (κ1) is 15.7. The molecule has 1 heterocycles. The molecule has 0 aliphatic heterocycles. The number of carbonyl (C=O) groups is 1. The Balaban J connectivity index is 2.35. The van der Waals surface area contributed by atoms with Gasteiger partial charge in [-0.1, -0.05) is 0 Å². The number of hydrogen-bond donors (Lipinski definition) is 1. The fourth-order valence-corrected chi connectivity index (χ4v) is 2.25. The minimum atomic E-state index is -3.58. The Bertz CT molecular complexity index is 483. The van der Waals surface area contributed by atoms with Gasteiger partial charge in [0.15, 0.2) is 0 Å². The maximum Gasteiger partial charge on any atom is 0.306 e. The molecule has 0 aliphatic rings. The number of furan rings is 1. The number of carbonyl (C=O) groups excluding carboxylic acids is 1. The zero-order valence-corrected chi connectivity index (χ0v) is 11.8. The summed E-state index contributed by atoms with van der Waals surface area (Å²) in [5, 5.41) is 0. The van der Waals surface area contributed by atoms with Crippen molar-refractivity contribution in [3.8, 4) is 0 Å². The summed E-state index contributed by atoms with van der Waals surface area (Å²) in [5.74, 6) is 0.262. The normalized spacial score (nSPS) is 11.7. The summed E-state index contributed by atoms with van der Waals surface area (Å²) in [7, 11) is -0.920. The van der Waals surface area contributed by atoms with Gasteiger partial charge in [-0.15, -0.1) is 0 Å². The van der Waals surface area contributed by atoms with Crippen molar-refractivity contribution < 1.29 is 22.4 Å². The van der Waals surface area contributed by atoms with E-state index in [2.05, 4.69) is 9.46 Å². The largest absolute Gasteiger partial charge is 0.469 e. The van der Waals surface area contributed by atoms with E-state index in [-0.39, 0.29) is 19.5 Å². The van der Waals surface area contributed by atoms with Crippen molar-refractivity contribution in [3.63, 3.8) is 0 Å². The van der Waals surface area contributed by atoms with Crippen LogP contribution in [0.2, 0.25) is 0 Å². The van der Waals surface area contributed by atoms with Crippen LogP contribution in [0.3, 0.4) is 0 Å². The number of ether oxygens (including phenoxy) is 1. The SMILES string of the molecule is COC(=O)CCN(C)S(=O)(=O)NCCc1ccco1. The maximum atomic E-state index is 11.8. The topological polar surface area (TPSA) is 88.8 Å². The van der Waals surface area contributed by atoms with Crippen LogP contribution in [0.5, 0.6) is 0 Å². The van der Waals surface area contributed by atoms with Gasteiger partial charge in [0.05, 0.1) is 19.8 Å². The van der Waals surface area contributed by atoms with Gasteiger partial charge in [0.2, 0.25) is 0 Å². The zero-order valence-electron chi connectivity index (χ0n) is 11.0. The molecule has 1 rings (SSSR count). The van der Waals surface area contributed by atoms with E-state index in [9.17, 15) is 13.2 Å². The highest BCUT2D eigenvalue weighted by Crippen LogP contribution is 2.01. The molecule has 0 aliphatic carbocycles. The van der Waals surface area contributed by atoms with Crippen molar-refractivity contribution in [1.82, 2.24) is 9.03 Å². The van der Waals surface area contributed by atoms with Gasteiger partial charge in [-0.25, -0.2) is 4.72 Å². The average Bonchev–Trinajstić information content (AvgIpc) is 2.88. The lowest BCUT2D eigenvalue weighted by atomic mass is 10.3. The van der Waals surface area contributed by atoms with Crippen LogP contribution in [-0.2, 0) is 26.2 Å². The average molecular weight is 290 g/mol. The van der Waals surface area contributed by atoms with Crippen molar-refractivity contribution in [1.29, 1.82) is 0 Å². The monoisotopic (exact) mass is 290 g/mol. The second kappa shape index (κ2) is 7.27. The molecule has 0 saturated heterocycles. The number of methoxy groups -OCH3 is 1. The van der Waals surface area contributed by atoms with Gasteiger partial charge in [-0.05, 0) is 12.1 Å². The molecule has 7 nitrogen and oxygen atoms in total. The Labute approximate surface area is 112 Å². The van der Waals surface area contributed by atoms with Crippen molar-refractivity contribution in [2.75, 3.05) is 27.2 Å². The summed E-state index contributed by atoms with van der Waals surface area (Å²) in [6.45, 7) is 0.307. The van der Waals surface area contributed by atoms with Crippen LogP contribution >= 0.6 is 0 Å². The fraction of sp³-hybridized carbons (Fsp3) is 0.545. The molecule has 1 aromatic rings. The van der Waals surface area contributed by atoms with Crippen LogP contribution in [-0.4, -0.2) is 45.9 Å². The molecule has 0 aromatic carbocycles. The second-order valence-electron chi connectivity index (χ2n) is 3.88. The quantitative estimate of drug-likeness (QED) is 0.689. The summed E-state index contributed by atoms with van der Waals surface area (Å²) in [5.41, 5.74) is 0. The molecule has 0 unspecified atom stereocenters. The van der Waals surface area contributed by atoms with E-state index < -0.39 is 16.2 Å². The molecule has 0 fully saturated rings. The summed E-state index contributed by atoms with van der Waals surface area (Å²) >= 11 is 0. The van der Waals surface area contributed by atoms with Crippen molar-refractivity contribution in [2.24, 2.45) is 0 Å². The maximum absolute atomic E-state index is 11.8. The first-order chi connectivity index (χ1) is 8.95. The Hall–Kier alpha value is -1.38. The molecular formula is C11H18N2O5S. The van der Waals surface area contributed by atoms with E-state index in [4.69, 9.17) is 4.42 Å². The number of nitrogens with one attached hydrogen (secondary N) is 1. The fourth-order valence-electron chi connectivity index (χ4n) is 1.34. The predicted octanol–water partition coefficient (Wildman–Crippen LogP) is 0.151. The zero-order chi connectivity index (χ0) is 14.3. The molecular weight excluding hydrogens is 272 g/mol. The van der Waals surface area contributed by atoms with Gasteiger partial charge in [0.1, 0.15) is 5.76 Å². The summed E-state index contributed by atoms with van der Waals surface area (Å²) in [6, 6.07) is 3.52. The molecule has 0 saturated carbocycles. The van der Waals surface area contributed by atoms with Crippen LogP contribution in [0.1, 0.15) is 12.2 Å². The molecule has 1 N–H and O–H groups in total. The molecule has 0 amide bonds. The smallest absolute Gasteiger partial charge is 0.306 e. The van der Waals surface area contributed by atoms with E-state index >= 15 is 0 Å². The van der Waals surface area contributed by atoms with Crippen LogP contribution in [0.15, 0.2) is 22.8 Å². The summed E-state index contributed by atoms with van der Waals surface area (Å²) in [4.78, 5) is 10.9. The second-order valence-corrected chi connectivity index (χ2v) is 5.74. The summed E-state index contributed by atoms with van der Waals surface area (Å²) < 4.78 is 36.6. The number of nitrogens with zero attached hydrogens (tertiary/aromatic N) is 1. The highest BCUT2D eigenvalue weighted by atomic mass is 32.2. The van der Waals surface area contributed by atoms with Gasteiger partial charge >= 0.3 is 5.97 Å². The van der Waals surface area contributed by atoms with Crippen LogP contribution in [0.4, 0.5) is 0 Å². The molecule has 108 valence electrons. The van der Waals surface area contributed by atoms with Gasteiger partial charge in [-0.3, -0.25) is 4.79 Å². The third-order valence-electron chi connectivity index (χ3n) is 2.50. The van der Waals surface area contributed by atoms with Crippen LogP contribution in [0, 0.1) is 0 Å². The van der Waals surface area contributed by atoms with Crippen molar-refractivity contribution in [2.45, 2.75) is 12.8 Å². The van der Waals surface area contributed by atoms with E-state index in [0.717, 1.165) is 4.31 Å². The van der Waals surface area contributed by atoms with Gasteiger partial charge < -0.3 is 9.15 Å². The Kier molecular flexibility index (Phi) is 6.00. The van der Waals surface area contributed by atoms with E-state index in [1.165, 1.54) is 20.4 Å². The highest BCUT2D eigenvalue weighted by Gasteiger charge is 2.18. The molecule has 0 atom stereocenters. The van der Waals surface area contributed by atoms with E-state index in [0.29, 0.717) is 12.2 Å². The molecule has 1 aromatic heterocycles. The first-order valence-corrected chi connectivity index (χ1v) is 7.20. The minimum absolute atomic E-state index is 0.0199. The lowest BCUT2D eigenvalue weighted by molar-refractivity contribution is -0.140. The first-order valence-electron chi connectivity index (χ1n) is 5.76. The van der Waals surface area contributed by atoms with Gasteiger partial charge in [0.25, 0.3) is 10.2 Å². The van der Waals surface area contributed by atoms with Gasteiger partial charge in [0, 0.05) is 26.6 Å². The number of hydrogen-bond acceptors (Lipinski definition) is 5. The van der Waals surface area contributed by atoms with Crippen LogP contribution < -0.4 is 4.72 Å². The summed E-state index contributed by atoms with van der Waals surface area (Å²) in [6.07, 6.45) is 2.02. The number of rotatable bonds is 8. The Morgan fingerprint density at radius 1 is 1.53 bits per heavy atom. The van der Waals surface area contributed by atoms with Crippen LogP contribution in [0.25, 0.3) is 0 Å². The third-order valence-corrected chi connectivity index (χ3v) is 4.08. The predicted molar refractivity (Wildman–Crippen MR) is 68.6 cm³/mol. The van der Waals surface area contributed by atoms with E-state index in [1.807, 2.05) is 0 Å².